The van der Waals surface area contributed by atoms with Gasteiger partial charge in [0.25, 0.3) is 0 Å². The maximum absolute atomic E-state index is 13.5. The summed E-state index contributed by atoms with van der Waals surface area (Å²) in [5, 5.41) is 1.05. The third kappa shape index (κ3) is 3.85. The highest BCUT2D eigenvalue weighted by Gasteiger charge is 2.49. The topological polar surface area (TPSA) is 6.48 Å². The minimum atomic E-state index is -5.20. The van der Waals surface area contributed by atoms with E-state index in [1.165, 1.54) is 6.92 Å². The summed E-state index contributed by atoms with van der Waals surface area (Å²) >= 11 is 0. The van der Waals surface area contributed by atoms with Crippen LogP contribution in [0.1, 0.15) is 18.1 Å². The molecule has 1 atom stereocenters. The van der Waals surface area contributed by atoms with E-state index >= 15 is 0 Å². The van der Waals surface area contributed by atoms with Crippen LogP contribution in [0.3, 0.4) is 0 Å². The Hall–Kier alpha value is -2.35. The van der Waals surface area contributed by atoms with Crippen molar-refractivity contribution in [2.24, 2.45) is 0 Å². The van der Waals surface area contributed by atoms with Gasteiger partial charge in [-0.15, -0.1) is 6.42 Å². The van der Waals surface area contributed by atoms with Gasteiger partial charge in [0.05, 0.1) is 28.4 Å². The molecule has 0 fully saturated rings. The highest BCUT2D eigenvalue weighted by molar-refractivity contribution is 5.62. The first-order valence-corrected chi connectivity index (χ1v) is 7.19. The van der Waals surface area contributed by atoms with Crippen LogP contribution in [0.25, 0.3) is 0 Å². The van der Waals surface area contributed by atoms with Crippen molar-refractivity contribution >= 4 is 5.69 Å². The van der Waals surface area contributed by atoms with Gasteiger partial charge in [-0.1, -0.05) is 5.92 Å². The van der Waals surface area contributed by atoms with Crippen molar-refractivity contribution in [1.82, 2.24) is 5.01 Å². The Bertz CT molecular complexity index is 777. The van der Waals surface area contributed by atoms with Gasteiger partial charge in [0, 0.05) is 7.05 Å². The summed E-state index contributed by atoms with van der Waals surface area (Å²) in [6.45, 7) is 1.25. The van der Waals surface area contributed by atoms with E-state index in [4.69, 9.17) is 6.42 Å². The lowest BCUT2D eigenvalue weighted by molar-refractivity contribution is -0.143. The van der Waals surface area contributed by atoms with E-state index in [1.54, 1.807) is 0 Å². The molecule has 0 spiro atoms. The Labute approximate surface area is 147 Å². The molecule has 11 heteroatoms. The molecule has 0 radical (unpaired) electrons. The van der Waals surface area contributed by atoms with Crippen LogP contribution in [-0.4, -0.2) is 24.3 Å². The number of benzene rings is 1. The summed E-state index contributed by atoms with van der Waals surface area (Å²) in [5.41, 5.74) is -6.53. The fourth-order valence-corrected chi connectivity index (χ4v) is 2.66. The van der Waals surface area contributed by atoms with Crippen molar-refractivity contribution in [2.45, 2.75) is 31.5 Å². The van der Waals surface area contributed by atoms with E-state index in [0.717, 1.165) is 12.1 Å². The van der Waals surface area contributed by atoms with E-state index in [-0.39, 0.29) is 23.2 Å². The average molecular weight is 402 g/mol. The molecule has 0 aromatic heterocycles. The number of terminal acetylenes is 1. The molecule has 2 nitrogen and oxygen atoms in total. The zero-order valence-electron chi connectivity index (χ0n) is 13.7. The number of rotatable bonds is 1. The minimum absolute atomic E-state index is 0.165. The number of hydrogen-bond acceptors (Lipinski definition) is 2. The lowest BCUT2D eigenvalue weighted by Gasteiger charge is -2.32. The Kier molecular flexibility index (Phi) is 4.94. The lowest BCUT2D eigenvalue weighted by atomic mass is 10.1. The number of hydrogen-bond donors (Lipinski definition) is 0. The van der Waals surface area contributed by atoms with E-state index in [9.17, 15) is 39.5 Å². The molecule has 1 heterocycles. The van der Waals surface area contributed by atoms with Gasteiger partial charge in [-0.05, 0) is 25.1 Å². The number of anilines is 1. The van der Waals surface area contributed by atoms with Crippen LogP contribution in [-0.2, 0) is 12.4 Å². The first-order chi connectivity index (χ1) is 12.1. The van der Waals surface area contributed by atoms with E-state index in [0.29, 0.717) is 0 Å². The predicted octanol–water partition coefficient (Wildman–Crippen LogP) is 5.23. The highest BCUT2D eigenvalue weighted by Crippen LogP contribution is 2.45. The molecule has 2 rings (SSSR count). The van der Waals surface area contributed by atoms with Gasteiger partial charge in [-0.25, -0.2) is 5.01 Å². The number of hydrazine groups is 1. The second-order valence-corrected chi connectivity index (χ2v) is 5.73. The third-order valence-corrected chi connectivity index (χ3v) is 4.00. The maximum Gasteiger partial charge on any atom is 0.433 e. The van der Waals surface area contributed by atoms with E-state index in [2.05, 4.69) is 0 Å². The molecular weight excluding hydrogens is 391 g/mol. The molecular formula is C16H11F9N2. The Balaban J connectivity index is 2.79. The molecule has 1 aliphatic heterocycles. The van der Waals surface area contributed by atoms with Crippen molar-refractivity contribution < 1.29 is 39.5 Å². The number of halogens is 9. The molecule has 1 aliphatic rings. The number of likely N-dealkylation sites (N-methyl/N-ethyl adjacent to an activating group) is 1. The van der Waals surface area contributed by atoms with Crippen molar-refractivity contribution in [1.29, 1.82) is 0 Å². The summed E-state index contributed by atoms with van der Waals surface area (Å²) < 4.78 is 118. The molecule has 1 unspecified atom stereocenters. The molecule has 0 bridgehead atoms. The largest absolute Gasteiger partial charge is 0.433 e. The quantitative estimate of drug-likeness (QED) is 0.469. The van der Waals surface area contributed by atoms with Crippen LogP contribution in [0.2, 0.25) is 0 Å². The Morgan fingerprint density at radius 2 is 1.30 bits per heavy atom. The van der Waals surface area contributed by atoms with Crippen molar-refractivity contribution in [2.75, 3.05) is 12.1 Å². The summed E-state index contributed by atoms with van der Waals surface area (Å²) in [5.74, 6) is 1.82. The highest BCUT2D eigenvalue weighted by atomic mass is 19.4. The van der Waals surface area contributed by atoms with Crippen LogP contribution < -0.4 is 5.01 Å². The predicted molar refractivity (Wildman–Crippen MR) is 78.1 cm³/mol. The van der Waals surface area contributed by atoms with Crippen LogP contribution in [0.15, 0.2) is 29.5 Å². The molecule has 148 valence electrons. The van der Waals surface area contributed by atoms with Gasteiger partial charge in [0.15, 0.2) is 5.70 Å². The first-order valence-electron chi connectivity index (χ1n) is 7.19. The molecule has 0 amide bonds. The zero-order chi connectivity index (χ0) is 20.9. The number of allylic oxidation sites excluding steroid dienone is 1. The van der Waals surface area contributed by atoms with Gasteiger partial charge < -0.3 is 0 Å². The Morgan fingerprint density at radius 1 is 0.852 bits per heavy atom. The van der Waals surface area contributed by atoms with Gasteiger partial charge in [-0.2, -0.15) is 39.5 Å². The zero-order valence-corrected chi connectivity index (χ0v) is 13.7. The standard InChI is InChI=1S/C16H11F9N2/c1-4-12-8(2)26(3)27(13(12)16(23,24)25)11-6-9(14(17,18)19)5-10(7-11)15(20,21)22/h1,5-8H,2-3H3. The third-order valence-electron chi connectivity index (χ3n) is 4.00. The summed E-state index contributed by atoms with van der Waals surface area (Å²) in [4.78, 5) is 0. The fraction of sp³-hybridized carbons (Fsp3) is 0.375. The van der Waals surface area contributed by atoms with Crippen LogP contribution in [0.4, 0.5) is 45.2 Å². The second-order valence-electron chi connectivity index (χ2n) is 5.73. The van der Waals surface area contributed by atoms with Crippen LogP contribution in [0.5, 0.6) is 0 Å². The van der Waals surface area contributed by atoms with Crippen molar-refractivity contribution in [3.63, 3.8) is 0 Å². The maximum atomic E-state index is 13.5. The smallest absolute Gasteiger partial charge is 0.268 e. The molecule has 0 aliphatic carbocycles. The number of nitrogens with zero attached hydrogens (tertiary/aromatic N) is 2. The molecule has 0 N–H and O–H groups in total. The van der Waals surface area contributed by atoms with Gasteiger partial charge in [-0.3, -0.25) is 5.01 Å². The van der Waals surface area contributed by atoms with Crippen molar-refractivity contribution in [3.8, 4) is 12.3 Å². The molecule has 0 saturated carbocycles. The lowest BCUT2D eigenvalue weighted by Crippen LogP contribution is -2.41. The monoisotopic (exact) mass is 402 g/mol. The van der Waals surface area contributed by atoms with Crippen LogP contribution >= 0.6 is 0 Å². The SMILES string of the molecule is C#CC1=C(C(F)(F)F)N(c2cc(C(F)(F)F)cc(C(F)(F)F)c2)N(C)C1C. The van der Waals surface area contributed by atoms with Gasteiger partial charge >= 0.3 is 18.5 Å². The normalized spacial score (nSPS) is 19.6. The first kappa shape index (κ1) is 21.0. The van der Waals surface area contributed by atoms with Crippen LogP contribution in [0, 0.1) is 12.3 Å². The summed E-state index contributed by atoms with van der Waals surface area (Å²) in [6.07, 6.45) is -10.4. The fourth-order valence-electron chi connectivity index (χ4n) is 2.66. The van der Waals surface area contributed by atoms with Gasteiger partial charge in [0.2, 0.25) is 0 Å². The second kappa shape index (κ2) is 6.37. The number of alkyl halides is 9. The minimum Gasteiger partial charge on any atom is -0.268 e. The summed E-state index contributed by atoms with van der Waals surface area (Å²) in [7, 11) is 1.08. The molecule has 1 aromatic carbocycles. The molecule has 0 saturated heterocycles. The molecule has 27 heavy (non-hydrogen) atoms. The molecule has 1 aromatic rings. The van der Waals surface area contributed by atoms with Crippen molar-refractivity contribution in [3.05, 3.63) is 40.6 Å². The Morgan fingerprint density at radius 3 is 1.63 bits per heavy atom. The average Bonchev–Trinajstić information content (AvgIpc) is 2.76. The van der Waals surface area contributed by atoms with E-state index < -0.39 is 52.7 Å². The van der Waals surface area contributed by atoms with Gasteiger partial charge in [0.1, 0.15) is 0 Å². The van der Waals surface area contributed by atoms with E-state index in [1.807, 2.05) is 5.92 Å². The summed E-state index contributed by atoms with van der Waals surface area (Å²) in [6, 6.07) is -0.828.